The van der Waals surface area contributed by atoms with Crippen LogP contribution in [0.4, 0.5) is 0 Å². The third kappa shape index (κ3) is 289. The smallest absolute Gasteiger partial charge is 2.00 e. The molecule has 0 aliphatic heterocycles. The van der Waals surface area contributed by atoms with Gasteiger partial charge in [0.05, 0.1) is 0 Å². The van der Waals surface area contributed by atoms with Gasteiger partial charge in [0.2, 0.25) is 0 Å². The normalized spacial score (nSPS) is 0. The predicted molar refractivity (Wildman–Crippen MR) is 16.3 cm³/mol. The summed E-state index contributed by atoms with van der Waals surface area (Å²) in [5.41, 5.74) is 0. The van der Waals surface area contributed by atoms with Gasteiger partial charge in [0.15, 0.2) is 0 Å². The molecule has 0 N–H and O–H groups in total. The van der Waals surface area contributed by atoms with Crippen molar-refractivity contribution in [3.8, 4) is 0 Å². The van der Waals surface area contributed by atoms with E-state index in [-0.39, 0.29) is 112 Å². The van der Waals surface area contributed by atoms with Gasteiger partial charge in [-0.3, -0.25) is 0 Å². The second-order valence-corrected chi connectivity index (χ2v) is 0. The van der Waals surface area contributed by atoms with E-state index in [0.717, 1.165) is 0 Å². The van der Waals surface area contributed by atoms with Crippen molar-refractivity contribution < 1.29 is 77.3 Å². The largest absolute Gasteiger partial charge is 4.00 e. The van der Waals surface area contributed by atoms with E-state index in [9.17, 15) is 0 Å². The molecule has 0 aromatic rings. The Morgan fingerprint density at radius 3 is 0.273 bits per heavy atom. The zero-order valence-electron chi connectivity index (χ0n) is 4.52. The quantitative estimate of drug-likeness (QED) is 0.373. The second kappa shape index (κ2) is 349. The van der Waals surface area contributed by atoms with E-state index in [0.29, 0.717) is 0 Å². The molecule has 0 aromatic carbocycles. The van der Waals surface area contributed by atoms with Crippen LogP contribution < -0.4 is 0 Å². The molecule has 0 radical (unpaired) electrons. The Labute approximate surface area is 112 Å². The summed E-state index contributed by atoms with van der Waals surface area (Å²) in [6.45, 7) is 0. The summed E-state index contributed by atoms with van der Waals surface area (Å²) < 4.78 is 0. The molecule has 0 rings (SSSR count). The minimum absolute atomic E-state index is 0. The molecular formula is Ge2O7Rh2. The van der Waals surface area contributed by atoms with Gasteiger partial charge >= 0.3 is 74.1 Å². The second-order valence-electron chi connectivity index (χ2n) is 0. The monoisotopic (exact) mass is 466 g/mol. The molecule has 11 heavy (non-hydrogen) atoms. The molecule has 0 amide bonds. The van der Waals surface area contributed by atoms with Crippen molar-refractivity contribution in [2.45, 2.75) is 0 Å². The summed E-state index contributed by atoms with van der Waals surface area (Å²) in [7, 11) is 0. The first kappa shape index (κ1) is 450. The third-order valence-corrected chi connectivity index (χ3v) is 0. The Balaban J connectivity index is 0. The zero-order valence-corrected chi connectivity index (χ0v) is 12.0. The Kier molecular flexibility index (Phi) is 14300. The van der Waals surface area contributed by atoms with Gasteiger partial charge in [-0.25, -0.2) is 0 Å². The SMILES string of the molecule is [Ge+4].[Ge+4].[O-2].[O-2].[O-2].[O-2].[O-2].[O-2].[O-2].[Rh+3].[Rh+3]. The van der Waals surface area contributed by atoms with Crippen molar-refractivity contribution in [2.75, 3.05) is 0 Å². The third-order valence-electron chi connectivity index (χ3n) is 0. The van der Waals surface area contributed by atoms with E-state index in [1.807, 2.05) is 0 Å². The van der Waals surface area contributed by atoms with Gasteiger partial charge in [-0.2, -0.15) is 0 Å². The number of hydrogen-bond acceptors (Lipinski definition) is 0. The topological polar surface area (TPSA) is 200 Å². The van der Waals surface area contributed by atoms with Crippen LogP contribution in [0.2, 0.25) is 0 Å². The fourth-order valence-corrected chi connectivity index (χ4v) is 0. The fourth-order valence-electron chi connectivity index (χ4n) is 0. The first-order valence-corrected chi connectivity index (χ1v) is 0. The van der Waals surface area contributed by atoms with Gasteiger partial charge in [0.1, 0.15) is 0 Å². The summed E-state index contributed by atoms with van der Waals surface area (Å²) >= 11 is 0. The van der Waals surface area contributed by atoms with Crippen molar-refractivity contribution in [3.63, 3.8) is 0 Å². The fraction of sp³-hybridized carbons (Fsp3) is 0. The molecule has 0 aliphatic rings. The van der Waals surface area contributed by atoms with Crippen molar-refractivity contribution in [2.24, 2.45) is 0 Å². The molecule has 68 valence electrons. The van der Waals surface area contributed by atoms with Crippen LogP contribution in [0.1, 0.15) is 0 Å². The van der Waals surface area contributed by atoms with Crippen molar-refractivity contribution in [1.82, 2.24) is 0 Å². The van der Waals surface area contributed by atoms with Crippen molar-refractivity contribution >= 4 is 35.2 Å². The standard InChI is InChI=1S/2Ge.7O.2Rh/q2*+4;7*-2;2*+3. The minimum Gasteiger partial charge on any atom is -2.00 e. The van der Waals surface area contributed by atoms with Crippen molar-refractivity contribution in [3.05, 3.63) is 0 Å². The molecule has 0 fully saturated rings. The summed E-state index contributed by atoms with van der Waals surface area (Å²) in [5.74, 6) is 0. The van der Waals surface area contributed by atoms with E-state index in [2.05, 4.69) is 0 Å². The summed E-state index contributed by atoms with van der Waals surface area (Å²) in [4.78, 5) is 0. The van der Waals surface area contributed by atoms with Crippen LogP contribution in [0.25, 0.3) is 0 Å². The van der Waals surface area contributed by atoms with Crippen LogP contribution in [-0.2, 0) is 77.3 Å². The van der Waals surface area contributed by atoms with E-state index >= 15 is 0 Å². The predicted octanol–water partition coefficient (Wildman–Crippen LogP) is -1.60. The summed E-state index contributed by atoms with van der Waals surface area (Å²) in [6, 6.07) is 0. The molecular weight excluding hydrogens is 463 g/mol. The van der Waals surface area contributed by atoms with Crippen LogP contribution in [0, 0.1) is 0 Å². The molecule has 0 saturated carbocycles. The van der Waals surface area contributed by atoms with E-state index < -0.39 is 0 Å². The van der Waals surface area contributed by atoms with E-state index in [1.165, 1.54) is 0 Å². The molecule has 0 saturated heterocycles. The van der Waals surface area contributed by atoms with Crippen molar-refractivity contribution in [1.29, 1.82) is 0 Å². The zero-order chi connectivity index (χ0) is 0. The molecule has 0 aliphatic carbocycles. The summed E-state index contributed by atoms with van der Waals surface area (Å²) in [6.07, 6.45) is 0. The van der Waals surface area contributed by atoms with Gasteiger partial charge in [-0.05, 0) is 0 Å². The molecule has 0 aromatic heterocycles. The maximum Gasteiger partial charge on any atom is 4.00 e. The molecule has 0 heterocycles. The Bertz CT molecular complexity index is 14.4. The van der Waals surface area contributed by atoms with Gasteiger partial charge in [0, 0.05) is 0 Å². The molecule has 7 nitrogen and oxygen atoms in total. The van der Waals surface area contributed by atoms with Gasteiger partial charge in [-0.15, -0.1) is 0 Å². The molecule has 0 bridgehead atoms. The Morgan fingerprint density at radius 2 is 0.273 bits per heavy atom. The number of rotatable bonds is 0. The van der Waals surface area contributed by atoms with Gasteiger partial charge in [0.25, 0.3) is 0 Å². The molecule has 11 heteroatoms. The summed E-state index contributed by atoms with van der Waals surface area (Å²) in [5, 5.41) is 0. The molecule has 0 spiro atoms. The average molecular weight is 463 g/mol. The first-order valence-electron chi connectivity index (χ1n) is 0. The van der Waals surface area contributed by atoms with Crippen LogP contribution >= 0.6 is 0 Å². The maximum atomic E-state index is 0. The van der Waals surface area contributed by atoms with Crippen LogP contribution in [0.15, 0.2) is 0 Å². The van der Waals surface area contributed by atoms with Gasteiger partial charge < -0.3 is 38.3 Å². The van der Waals surface area contributed by atoms with Gasteiger partial charge in [-0.1, -0.05) is 0 Å². The maximum absolute atomic E-state index is 0. The van der Waals surface area contributed by atoms with E-state index in [1.54, 1.807) is 0 Å². The Morgan fingerprint density at radius 1 is 0.273 bits per heavy atom. The first-order chi connectivity index (χ1) is 0. The van der Waals surface area contributed by atoms with Crippen LogP contribution in [0.5, 0.6) is 0 Å². The van der Waals surface area contributed by atoms with Crippen LogP contribution in [0.3, 0.4) is 0 Å². The molecule has 0 unspecified atom stereocenters. The van der Waals surface area contributed by atoms with E-state index in [4.69, 9.17) is 0 Å². The van der Waals surface area contributed by atoms with Crippen LogP contribution in [-0.4, -0.2) is 35.2 Å². The molecule has 0 atom stereocenters. The number of hydrogen-bond donors (Lipinski definition) is 0. The average Bonchev–Trinajstić information content (AvgIpc) is 0. The Hall–Kier alpha value is 2.05. The minimum atomic E-state index is 0.